The van der Waals surface area contributed by atoms with E-state index in [-0.39, 0.29) is 0 Å². The van der Waals surface area contributed by atoms with Gasteiger partial charge in [-0.2, -0.15) is 0 Å². The van der Waals surface area contributed by atoms with Crippen LogP contribution in [0.3, 0.4) is 0 Å². The molecule has 0 saturated heterocycles. The molecule has 0 amide bonds. The van der Waals surface area contributed by atoms with Crippen LogP contribution in [0.1, 0.15) is 56.2 Å². The number of aromatic nitrogens is 2. The summed E-state index contributed by atoms with van der Waals surface area (Å²) in [6.07, 6.45) is 13.2. The van der Waals surface area contributed by atoms with E-state index in [2.05, 4.69) is 21.4 Å². The van der Waals surface area contributed by atoms with Crippen molar-refractivity contribution in [2.45, 2.75) is 57.8 Å². The quantitative estimate of drug-likeness (QED) is 0.663. The van der Waals surface area contributed by atoms with Crippen molar-refractivity contribution in [3.8, 4) is 0 Å². The number of halogens is 1. The summed E-state index contributed by atoms with van der Waals surface area (Å²) in [7, 11) is 0. The van der Waals surface area contributed by atoms with Crippen molar-refractivity contribution in [3.63, 3.8) is 0 Å². The van der Waals surface area contributed by atoms with Gasteiger partial charge in [-0.1, -0.05) is 23.3 Å². The van der Waals surface area contributed by atoms with Crippen LogP contribution in [0.2, 0.25) is 5.15 Å². The molecule has 0 radical (unpaired) electrons. The van der Waals surface area contributed by atoms with Crippen LogP contribution in [-0.4, -0.2) is 16.5 Å². The number of hydrogen-bond donors (Lipinski definition) is 1. The lowest BCUT2D eigenvalue weighted by atomic mass is 9.97. The molecule has 108 valence electrons. The zero-order valence-electron chi connectivity index (χ0n) is 11.9. The Labute approximate surface area is 125 Å². The van der Waals surface area contributed by atoms with Gasteiger partial charge in [-0.25, -0.2) is 9.97 Å². The van der Waals surface area contributed by atoms with Crippen LogP contribution in [-0.2, 0) is 12.8 Å². The third-order valence-corrected chi connectivity index (χ3v) is 4.56. The van der Waals surface area contributed by atoms with Crippen molar-refractivity contribution >= 4 is 17.5 Å². The minimum absolute atomic E-state index is 0.647. The molecule has 1 N–H and O–H groups in total. The summed E-state index contributed by atoms with van der Waals surface area (Å²) in [4.78, 5) is 9.02. The molecular formula is C16H22ClN3. The fraction of sp³-hybridized carbons (Fsp3) is 0.625. The zero-order valence-corrected chi connectivity index (χ0v) is 12.7. The van der Waals surface area contributed by atoms with Crippen LogP contribution in [0.25, 0.3) is 0 Å². The summed E-state index contributed by atoms with van der Waals surface area (Å²) < 4.78 is 0. The predicted molar refractivity (Wildman–Crippen MR) is 83.3 cm³/mol. The number of hydrogen-bond acceptors (Lipinski definition) is 3. The molecule has 0 saturated carbocycles. The van der Waals surface area contributed by atoms with Crippen LogP contribution in [0.5, 0.6) is 0 Å². The molecule has 1 aromatic heterocycles. The summed E-state index contributed by atoms with van der Waals surface area (Å²) in [6.45, 7) is 0.904. The Morgan fingerprint density at radius 2 is 1.90 bits per heavy atom. The number of rotatable bonds is 4. The topological polar surface area (TPSA) is 37.8 Å². The van der Waals surface area contributed by atoms with Crippen LogP contribution in [0.4, 0.5) is 5.95 Å². The number of fused-ring (bicyclic) bond motifs is 1. The molecular weight excluding hydrogens is 270 g/mol. The lowest BCUT2D eigenvalue weighted by Gasteiger charge is -2.17. The Morgan fingerprint density at radius 3 is 2.75 bits per heavy atom. The highest BCUT2D eigenvalue weighted by molar-refractivity contribution is 6.30. The summed E-state index contributed by atoms with van der Waals surface area (Å²) in [6, 6.07) is 0. The summed E-state index contributed by atoms with van der Waals surface area (Å²) in [5.41, 5.74) is 3.89. The number of anilines is 1. The molecule has 0 fully saturated rings. The molecule has 0 spiro atoms. The standard InChI is InChI=1S/C16H22ClN3/c17-15-13-8-4-5-9-14(13)19-16(20-15)18-11-10-12-6-2-1-3-7-12/h6H,1-5,7-11H2,(H,18,19,20). The lowest BCUT2D eigenvalue weighted by Crippen LogP contribution is -2.13. The van der Waals surface area contributed by atoms with Crippen molar-refractivity contribution in [2.24, 2.45) is 0 Å². The van der Waals surface area contributed by atoms with Crippen LogP contribution in [0.15, 0.2) is 11.6 Å². The monoisotopic (exact) mass is 291 g/mol. The highest BCUT2D eigenvalue weighted by Crippen LogP contribution is 2.26. The van der Waals surface area contributed by atoms with E-state index in [9.17, 15) is 0 Å². The van der Waals surface area contributed by atoms with Crippen molar-refractivity contribution in [3.05, 3.63) is 28.1 Å². The average molecular weight is 292 g/mol. The van der Waals surface area contributed by atoms with Crippen molar-refractivity contribution in [2.75, 3.05) is 11.9 Å². The van der Waals surface area contributed by atoms with Gasteiger partial charge in [-0.15, -0.1) is 0 Å². The van der Waals surface area contributed by atoms with Crippen molar-refractivity contribution < 1.29 is 0 Å². The van der Waals surface area contributed by atoms with Gasteiger partial charge in [0.2, 0.25) is 5.95 Å². The fourth-order valence-electron chi connectivity index (χ4n) is 3.09. The van der Waals surface area contributed by atoms with E-state index >= 15 is 0 Å². The van der Waals surface area contributed by atoms with Crippen LogP contribution >= 0.6 is 11.6 Å². The van der Waals surface area contributed by atoms with Crippen molar-refractivity contribution in [1.29, 1.82) is 0 Å². The third kappa shape index (κ3) is 3.32. The molecule has 2 aliphatic rings. The van der Waals surface area contributed by atoms with Gasteiger partial charge in [-0.3, -0.25) is 0 Å². The first-order valence-corrected chi connectivity index (χ1v) is 8.18. The molecule has 0 bridgehead atoms. The maximum Gasteiger partial charge on any atom is 0.224 e. The number of nitrogens with one attached hydrogen (secondary N) is 1. The molecule has 0 atom stereocenters. The zero-order chi connectivity index (χ0) is 13.8. The predicted octanol–water partition coefficient (Wildman–Crippen LogP) is 4.31. The Morgan fingerprint density at radius 1 is 1.05 bits per heavy atom. The highest BCUT2D eigenvalue weighted by atomic mass is 35.5. The summed E-state index contributed by atoms with van der Waals surface area (Å²) in [5, 5.41) is 3.98. The van der Waals surface area contributed by atoms with E-state index in [0.717, 1.165) is 31.5 Å². The molecule has 0 aliphatic heterocycles. The molecule has 0 unspecified atom stereocenters. The molecule has 1 heterocycles. The first kappa shape index (κ1) is 13.9. The number of allylic oxidation sites excluding steroid dienone is 1. The largest absolute Gasteiger partial charge is 0.354 e. The van der Waals surface area contributed by atoms with E-state index < -0.39 is 0 Å². The lowest BCUT2D eigenvalue weighted by molar-refractivity contribution is 0.662. The van der Waals surface area contributed by atoms with Gasteiger partial charge in [0, 0.05) is 12.1 Å². The van der Waals surface area contributed by atoms with Crippen LogP contribution in [0, 0.1) is 0 Å². The molecule has 2 aliphatic carbocycles. The second-order valence-electron chi connectivity index (χ2n) is 5.76. The molecule has 3 nitrogen and oxygen atoms in total. The first-order valence-electron chi connectivity index (χ1n) is 7.80. The fourth-order valence-corrected chi connectivity index (χ4v) is 3.38. The second kappa shape index (κ2) is 6.57. The smallest absolute Gasteiger partial charge is 0.224 e. The molecule has 1 aromatic rings. The average Bonchev–Trinajstić information content (AvgIpc) is 2.48. The Hall–Kier alpha value is -1.09. The SMILES string of the molecule is Clc1nc(NCCC2=CCCCC2)nc2c1CCCC2. The Kier molecular flexibility index (Phi) is 4.56. The van der Waals surface area contributed by atoms with Gasteiger partial charge in [0.25, 0.3) is 0 Å². The maximum atomic E-state index is 6.27. The van der Waals surface area contributed by atoms with Gasteiger partial charge < -0.3 is 5.32 Å². The second-order valence-corrected chi connectivity index (χ2v) is 6.11. The van der Waals surface area contributed by atoms with E-state index in [0.29, 0.717) is 11.1 Å². The maximum absolute atomic E-state index is 6.27. The molecule has 4 heteroatoms. The number of aryl methyl sites for hydroxylation is 1. The minimum atomic E-state index is 0.647. The highest BCUT2D eigenvalue weighted by Gasteiger charge is 2.16. The molecule has 20 heavy (non-hydrogen) atoms. The minimum Gasteiger partial charge on any atom is -0.354 e. The van der Waals surface area contributed by atoms with Gasteiger partial charge in [0.15, 0.2) is 0 Å². The van der Waals surface area contributed by atoms with Gasteiger partial charge in [-0.05, 0) is 57.8 Å². The van der Waals surface area contributed by atoms with E-state index in [1.54, 1.807) is 5.57 Å². The van der Waals surface area contributed by atoms with E-state index in [1.165, 1.54) is 44.1 Å². The summed E-state index contributed by atoms with van der Waals surface area (Å²) >= 11 is 6.27. The Bertz CT molecular complexity index is 511. The normalized spacial score (nSPS) is 18.4. The Balaban J connectivity index is 1.60. The van der Waals surface area contributed by atoms with E-state index in [1.807, 2.05) is 0 Å². The third-order valence-electron chi connectivity index (χ3n) is 4.25. The van der Waals surface area contributed by atoms with Gasteiger partial charge >= 0.3 is 0 Å². The van der Waals surface area contributed by atoms with Gasteiger partial charge in [0.05, 0.1) is 5.69 Å². The van der Waals surface area contributed by atoms with Gasteiger partial charge in [0.1, 0.15) is 5.15 Å². The molecule has 3 rings (SSSR count). The number of nitrogens with zero attached hydrogens (tertiary/aromatic N) is 2. The van der Waals surface area contributed by atoms with Crippen molar-refractivity contribution in [1.82, 2.24) is 9.97 Å². The summed E-state index contributed by atoms with van der Waals surface area (Å²) in [5.74, 6) is 0.701. The molecule has 0 aromatic carbocycles. The van der Waals surface area contributed by atoms with E-state index in [4.69, 9.17) is 11.6 Å². The first-order chi connectivity index (χ1) is 9.83. The van der Waals surface area contributed by atoms with Crippen LogP contribution < -0.4 is 5.32 Å².